The van der Waals surface area contributed by atoms with E-state index in [2.05, 4.69) is 0 Å². The highest BCUT2D eigenvalue weighted by Crippen LogP contribution is 2.26. The number of aryl methyl sites for hydroxylation is 2. The lowest BCUT2D eigenvalue weighted by Crippen LogP contribution is -2.12. The molecule has 0 heterocycles. The Morgan fingerprint density at radius 2 is 1.89 bits per heavy atom. The van der Waals surface area contributed by atoms with Gasteiger partial charge in [0.05, 0.1) is 0 Å². The van der Waals surface area contributed by atoms with Gasteiger partial charge in [0.25, 0.3) is 0 Å². The molecule has 0 aromatic heterocycles. The average Bonchev–Trinajstić information content (AvgIpc) is 2.33. The van der Waals surface area contributed by atoms with Crippen molar-refractivity contribution in [1.29, 1.82) is 5.41 Å². The van der Waals surface area contributed by atoms with Crippen LogP contribution in [0.1, 0.15) is 16.7 Å². The molecule has 0 bridgehead atoms. The molecule has 0 aliphatic rings. The number of benzene rings is 2. The zero-order valence-electron chi connectivity index (χ0n) is 10.8. The van der Waals surface area contributed by atoms with Gasteiger partial charge >= 0.3 is 0 Å². The van der Waals surface area contributed by atoms with E-state index in [1.165, 1.54) is 6.07 Å². The minimum atomic E-state index is -0.404. The van der Waals surface area contributed by atoms with Crippen molar-refractivity contribution in [3.63, 3.8) is 0 Å². The molecule has 3 nitrogen and oxygen atoms in total. The van der Waals surface area contributed by atoms with Gasteiger partial charge < -0.3 is 10.5 Å². The van der Waals surface area contributed by atoms with E-state index in [4.69, 9.17) is 15.9 Å². The van der Waals surface area contributed by atoms with Crippen molar-refractivity contribution < 1.29 is 9.13 Å². The molecule has 3 N–H and O–H groups in total. The minimum Gasteiger partial charge on any atom is -0.454 e. The quantitative estimate of drug-likeness (QED) is 0.653. The first-order valence-corrected chi connectivity index (χ1v) is 5.86. The van der Waals surface area contributed by atoms with Crippen molar-refractivity contribution in [3.8, 4) is 11.5 Å². The van der Waals surface area contributed by atoms with Crippen molar-refractivity contribution in [2.75, 3.05) is 0 Å². The lowest BCUT2D eigenvalue weighted by Gasteiger charge is -2.10. The number of nitrogens with two attached hydrogens (primary N) is 1. The Morgan fingerprint density at radius 1 is 1.16 bits per heavy atom. The highest BCUT2D eigenvalue weighted by atomic mass is 19.1. The van der Waals surface area contributed by atoms with Crippen molar-refractivity contribution >= 4 is 5.84 Å². The molecule has 98 valence electrons. The molecular formula is C15H15FN2O. The summed E-state index contributed by atoms with van der Waals surface area (Å²) in [6.07, 6.45) is 0. The topological polar surface area (TPSA) is 59.1 Å². The fraction of sp³-hybridized carbons (Fsp3) is 0.133. The summed E-state index contributed by atoms with van der Waals surface area (Å²) in [5, 5.41) is 7.41. The Kier molecular flexibility index (Phi) is 3.51. The van der Waals surface area contributed by atoms with E-state index in [1.807, 2.05) is 13.8 Å². The summed E-state index contributed by atoms with van der Waals surface area (Å²) >= 11 is 0. The first kappa shape index (κ1) is 13.1. The standard InChI is InChI=1S/C15H15FN2O/c1-9-3-6-13(16)14(7-9)19-11-4-5-12(15(17)18)10(2)8-11/h3-8H,1-2H3,(H3,17,18). The predicted octanol–water partition coefficient (Wildman–Crippen LogP) is 3.52. The second-order valence-electron chi connectivity index (χ2n) is 4.43. The molecule has 0 saturated heterocycles. The van der Waals surface area contributed by atoms with Gasteiger partial charge in [-0.1, -0.05) is 6.07 Å². The third kappa shape index (κ3) is 2.91. The zero-order chi connectivity index (χ0) is 14.0. The number of nitrogens with one attached hydrogen (secondary N) is 1. The molecule has 4 heteroatoms. The Hall–Kier alpha value is -2.36. The largest absolute Gasteiger partial charge is 0.454 e. The van der Waals surface area contributed by atoms with E-state index in [0.29, 0.717) is 11.3 Å². The van der Waals surface area contributed by atoms with Crippen LogP contribution in [0.5, 0.6) is 11.5 Å². The van der Waals surface area contributed by atoms with Crippen LogP contribution in [0.25, 0.3) is 0 Å². The van der Waals surface area contributed by atoms with Crippen LogP contribution in [0.2, 0.25) is 0 Å². The number of amidine groups is 1. The number of ether oxygens (including phenoxy) is 1. The molecule has 2 aromatic rings. The molecule has 0 atom stereocenters. The second-order valence-corrected chi connectivity index (χ2v) is 4.43. The Morgan fingerprint density at radius 3 is 2.53 bits per heavy atom. The van der Waals surface area contributed by atoms with Crippen LogP contribution in [0, 0.1) is 25.1 Å². The van der Waals surface area contributed by atoms with Gasteiger partial charge in [-0.05, 0) is 55.3 Å². The van der Waals surface area contributed by atoms with Crippen LogP contribution < -0.4 is 10.5 Å². The highest BCUT2D eigenvalue weighted by molar-refractivity contribution is 5.96. The first-order valence-electron chi connectivity index (χ1n) is 5.86. The summed E-state index contributed by atoms with van der Waals surface area (Å²) in [6.45, 7) is 3.70. The van der Waals surface area contributed by atoms with Crippen LogP contribution in [-0.2, 0) is 0 Å². The second kappa shape index (κ2) is 5.10. The van der Waals surface area contributed by atoms with Gasteiger partial charge in [-0.2, -0.15) is 0 Å². The van der Waals surface area contributed by atoms with Gasteiger partial charge in [-0.15, -0.1) is 0 Å². The molecule has 0 radical (unpaired) electrons. The fourth-order valence-electron chi connectivity index (χ4n) is 1.82. The maximum Gasteiger partial charge on any atom is 0.165 e. The molecule has 0 fully saturated rings. The molecule has 0 amide bonds. The van der Waals surface area contributed by atoms with Crippen LogP contribution >= 0.6 is 0 Å². The molecule has 2 aromatic carbocycles. The Bertz CT molecular complexity index is 638. The molecule has 0 aliphatic heterocycles. The molecule has 0 unspecified atom stereocenters. The van der Waals surface area contributed by atoms with Crippen LogP contribution in [0.3, 0.4) is 0 Å². The van der Waals surface area contributed by atoms with Crippen LogP contribution in [0.15, 0.2) is 36.4 Å². The van der Waals surface area contributed by atoms with Crippen LogP contribution in [0.4, 0.5) is 4.39 Å². The number of hydrogen-bond acceptors (Lipinski definition) is 2. The van der Waals surface area contributed by atoms with Gasteiger partial charge in [0.2, 0.25) is 0 Å². The third-order valence-corrected chi connectivity index (χ3v) is 2.80. The molecular weight excluding hydrogens is 243 g/mol. The van der Waals surface area contributed by atoms with E-state index >= 15 is 0 Å². The number of halogens is 1. The SMILES string of the molecule is Cc1ccc(F)c(Oc2ccc(C(=N)N)c(C)c2)c1. The fourth-order valence-corrected chi connectivity index (χ4v) is 1.82. The monoisotopic (exact) mass is 258 g/mol. The van der Waals surface area contributed by atoms with Gasteiger partial charge in [0.1, 0.15) is 11.6 Å². The predicted molar refractivity (Wildman–Crippen MR) is 73.4 cm³/mol. The van der Waals surface area contributed by atoms with Gasteiger partial charge in [0.15, 0.2) is 11.6 Å². The third-order valence-electron chi connectivity index (χ3n) is 2.80. The van der Waals surface area contributed by atoms with Gasteiger partial charge in [0, 0.05) is 5.56 Å². The summed E-state index contributed by atoms with van der Waals surface area (Å²) in [6, 6.07) is 9.81. The normalized spacial score (nSPS) is 10.3. The molecule has 0 aliphatic carbocycles. The summed E-state index contributed by atoms with van der Waals surface area (Å²) < 4.78 is 19.1. The zero-order valence-corrected chi connectivity index (χ0v) is 10.8. The number of nitrogen functional groups attached to an aromatic ring is 1. The first-order chi connectivity index (χ1) is 8.97. The maximum atomic E-state index is 13.6. The highest BCUT2D eigenvalue weighted by Gasteiger charge is 2.07. The van der Waals surface area contributed by atoms with Crippen molar-refractivity contribution in [3.05, 3.63) is 58.9 Å². The van der Waals surface area contributed by atoms with E-state index in [9.17, 15) is 4.39 Å². The Balaban J connectivity index is 2.31. The van der Waals surface area contributed by atoms with E-state index in [1.54, 1.807) is 30.3 Å². The van der Waals surface area contributed by atoms with Crippen molar-refractivity contribution in [1.82, 2.24) is 0 Å². The van der Waals surface area contributed by atoms with E-state index in [-0.39, 0.29) is 11.6 Å². The molecule has 0 spiro atoms. The van der Waals surface area contributed by atoms with Gasteiger partial charge in [-0.25, -0.2) is 4.39 Å². The molecule has 0 saturated carbocycles. The maximum absolute atomic E-state index is 13.6. The lowest BCUT2D eigenvalue weighted by molar-refractivity contribution is 0.441. The summed E-state index contributed by atoms with van der Waals surface area (Å²) in [5.74, 6) is 0.312. The van der Waals surface area contributed by atoms with Crippen LogP contribution in [-0.4, -0.2) is 5.84 Å². The van der Waals surface area contributed by atoms with Crippen molar-refractivity contribution in [2.24, 2.45) is 5.73 Å². The average molecular weight is 258 g/mol. The smallest absolute Gasteiger partial charge is 0.165 e. The molecule has 19 heavy (non-hydrogen) atoms. The Labute approximate surface area is 111 Å². The number of rotatable bonds is 3. The lowest BCUT2D eigenvalue weighted by atomic mass is 10.1. The van der Waals surface area contributed by atoms with Crippen molar-refractivity contribution in [2.45, 2.75) is 13.8 Å². The number of hydrogen-bond donors (Lipinski definition) is 2. The van der Waals surface area contributed by atoms with E-state index in [0.717, 1.165) is 11.1 Å². The summed E-state index contributed by atoms with van der Waals surface area (Å²) in [4.78, 5) is 0. The minimum absolute atomic E-state index is 0.00536. The summed E-state index contributed by atoms with van der Waals surface area (Å²) in [5.41, 5.74) is 7.84. The van der Waals surface area contributed by atoms with E-state index < -0.39 is 5.82 Å². The van der Waals surface area contributed by atoms with Gasteiger partial charge in [-0.3, -0.25) is 5.41 Å². The summed E-state index contributed by atoms with van der Waals surface area (Å²) in [7, 11) is 0. The molecule has 2 rings (SSSR count).